The van der Waals surface area contributed by atoms with Gasteiger partial charge >= 0.3 is 5.97 Å². The Morgan fingerprint density at radius 3 is 2.64 bits per heavy atom. The topological polar surface area (TPSA) is 115 Å². The number of nitrogens with zero attached hydrogens (tertiary/aromatic N) is 2. The Kier molecular flexibility index (Phi) is 3.38. The van der Waals surface area contributed by atoms with E-state index in [1.54, 1.807) is 11.0 Å². The number of likely N-dealkylation sites (tertiary alicyclic amines) is 1. The second-order valence-corrected chi connectivity index (χ2v) is 6.03. The number of carboxylic acids is 1. The standard InChI is InChI=1S/C14H18N4O4/c1-8-6-10(17-16-8)12(20)18-4-2-14(3-5-18)9(13(21)22)7-11(19)15-14/h6,9H,2-5,7H2,1H3,(H,15,19)(H,16,17)(H,21,22)/t9-/m1/s1. The number of aromatic amines is 1. The summed E-state index contributed by atoms with van der Waals surface area (Å²) >= 11 is 0. The molecule has 0 unspecified atom stereocenters. The smallest absolute Gasteiger partial charge is 0.309 e. The van der Waals surface area contributed by atoms with Crippen molar-refractivity contribution in [2.75, 3.05) is 13.1 Å². The van der Waals surface area contributed by atoms with E-state index in [0.29, 0.717) is 31.6 Å². The monoisotopic (exact) mass is 306 g/mol. The molecule has 8 heteroatoms. The summed E-state index contributed by atoms with van der Waals surface area (Å²) in [5, 5.41) is 18.8. The Balaban J connectivity index is 1.71. The zero-order valence-electron chi connectivity index (χ0n) is 12.3. The number of carbonyl (C=O) groups is 3. The van der Waals surface area contributed by atoms with Gasteiger partial charge in [0.1, 0.15) is 5.69 Å². The molecule has 1 aromatic heterocycles. The number of aryl methyl sites for hydroxylation is 1. The molecule has 1 aromatic rings. The van der Waals surface area contributed by atoms with E-state index in [9.17, 15) is 19.5 Å². The first-order valence-corrected chi connectivity index (χ1v) is 7.26. The highest BCUT2D eigenvalue weighted by molar-refractivity contribution is 5.93. The van der Waals surface area contributed by atoms with Gasteiger partial charge in [-0.2, -0.15) is 5.10 Å². The molecule has 0 saturated carbocycles. The van der Waals surface area contributed by atoms with Gasteiger partial charge in [0, 0.05) is 25.2 Å². The van der Waals surface area contributed by atoms with Gasteiger partial charge in [-0.05, 0) is 25.8 Å². The number of H-pyrrole nitrogens is 1. The summed E-state index contributed by atoms with van der Waals surface area (Å²) in [4.78, 5) is 37.0. The van der Waals surface area contributed by atoms with Gasteiger partial charge in [0.05, 0.1) is 11.5 Å². The van der Waals surface area contributed by atoms with E-state index in [4.69, 9.17) is 0 Å². The van der Waals surface area contributed by atoms with Crippen molar-refractivity contribution in [3.8, 4) is 0 Å². The number of carboxylic acid groups (broad SMARTS) is 1. The van der Waals surface area contributed by atoms with Crippen molar-refractivity contribution >= 4 is 17.8 Å². The maximum absolute atomic E-state index is 12.3. The van der Waals surface area contributed by atoms with E-state index in [2.05, 4.69) is 15.5 Å². The van der Waals surface area contributed by atoms with Crippen LogP contribution in [0.15, 0.2) is 6.07 Å². The van der Waals surface area contributed by atoms with Gasteiger partial charge in [-0.1, -0.05) is 0 Å². The average molecular weight is 306 g/mol. The third kappa shape index (κ3) is 2.34. The molecule has 0 radical (unpaired) electrons. The van der Waals surface area contributed by atoms with Crippen molar-refractivity contribution in [3.05, 3.63) is 17.5 Å². The van der Waals surface area contributed by atoms with Crippen LogP contribution < -0.4 is 5.32 Å². The number of aromatic nitrogens is 2. The minimum absolute atomic E-state index is 0.0157. The summed E-state index contributed by atoms with van der Waals surface area (Å²) in [6, 6.07) is 1.68. The lowest BCUT2D eigenvalue weighted by atomic mass is 9.77. The maximum Gasteiger partial charge on any atom is 0.309 e. The fraction of sp³-hybridized carbons (Fsp3) is 0.571. The van der Waals surface area contributed by atoms with Crippen molar-refractivity contribution in [2.24, 2.45) is 5.92 Å². The Bertz CT molecular complexity index is 631. The highest BCUT2D eigenvalue weighted by Gasteiger charge is 2.52. The molecule has 8 nitrogen and oxygen atoms in total. The molecule has 2 amide bonds. The molecule has 2 aliphatic heterocycles. The van der Waals surface area contributed by atoms with E-state index in [1.165, 1.54) is 0 Å². The van der Waals surface area contributed by atoms with Gasteiger partial charge in [-0.25, -0.2) is 0 Å². The van der Waals surface area contributed by atoms with Crippen LogP contribution in [-0.4, -0.2) is 56.6 Å². The van der Waals surface area contributed by atoms with E-state index < -0.39 is 17.4 Å². The number of aliphatic carboxylic acids is 1. The number of piperidine rings is 1. The van der Waals surface area contributed by atoms with Crippen molar-refractivity contribution in [1.29, 1.82) is 0 Å². The van der Waals surface area contributed by atoms with E-state index in [0.717, 1.165) is 5.69 Å². The van der Waals surface area contributed by atoms with Crippen LogP contribution in [0.2, 0.25) is 0 Å². The van der Waals surface area contributed by atoms with Crippen molar-refractivity contribution in [2.45, 2.75) is 31.7 Å². The van der Waals surface area contributed by atoms with Crippen molar-refractivity contribution in [1.82, 2.24) is 20.4 Å². The second-order valence-electron chi connectivity index (χ2n) is 6.03. The summed E-state index contributed by atoms with van der Waals surface area (Å²) in [5.74, 6) is -2.07. The fourth-order valence-electron chi connectivity index (χ4n) is 3.39. The third-order valence-electron chi connectivity index (χ3n) is 4.61. The molecule has 0 aromatic carbocycles. The van der Waals surface area contributed by atoms with Crippen LogP contribution in [0.4, 0.5) is 0 Å². The largest absolute Gasteiger partial charge is 0.481 e. The van der Waals surface area contributed by atoms with Crippen molar-refractivity contribution in [3.63, 3.8) is 0 Å². The number of hydrogen-bond acceptors (Lipinski definition) is 4. The first kappa shape index (κ1) is 14.6. The highest BCUT2D eigenvalue weighted by atomic mass is 16.4. The van der Waals surface area contributed by atoms with Gasteiger partial charge in [-0.15, -0.1) is 0 Å². The molecule has 1 spiro atoms. The van der Waals surface area contributed by atoms with Crippen LogP contribution in [0.25, 0.3) is 0 Å². The quantitative estimate of drug-likeness (QED) is 0.706. The van der Waals surface area contributed by atoms with Crippen LogP contribution in [0.1, 0.15) is 35.4 Å². The molecule has 3 N–H and O–H groups in total. The lowest BCUT2D eigenvalue weighted by Gasteiger charge is -2.41. The Morgan fingerprint density at radius 2 is 2.09 bits per heavy atom. The number of nitrogens with one attached hydrogen (secondary N) is 2. The number of rotatable bonds is 2. The van der Waals surface area contributed by atoms with Crippen LogP contribution in [-0.2, 0) is 9.59 Å². The first-order valence-electron chi connectivity index (χ1n) is 7.26. The molecular weight excluding hydrogens is 288 g/mol. The van der Waals surface area contributed by atoms with Crippen LogP contribution in [0, 0.1) is 12.8 Å². The predicted octanol–water partition coefficient (Wildman–Crippen LogP) is -0.0864. The summed E-state index contributed by atoms with van der Waals surface area (Å²) in [6.07, 6.45) is 0.914. The van der Waals surface area contributed by atoms with Crippen LogP contribution in [0.3, 0.4) is 0 Å². The van der Waals surface area contributed by atoms with E-state index in [1.807, 2.05) is 6.92 Å². The summed E-state index contributed by atoms with van der Waals surface area (Å²) in [6.45, 7) is 2.64. The van der Waals surface area contributed by atoms with Crippen molar-refractivity contribution < 1.29 is 19.5 Å². The minimum atomic E-state index is -0.957. The molecule has 3 heterocycles. The van der Waals surface area contributed by atoms with E-state index in [-0.39, 0.29) is 18.2 Å². The minimum Gasteiger partial charge on any atom is -0.481 e. The van der Waals surface area contributed by atoms with Gasteiger partial charge < -0.3 is 15.3 Å². The second kappa shape index (κ2) is 5.11. The molecule has 0 bridgehead atoms. The van der Waals surface area contributed by atoms with Gasteiger partial charge in [0.15, 0.2) is 0 Å². The lowest BCUT2D eigenvalue weighted by molar-refractivity contribution is -0.144. The Morgan fingerprint density at radius 1 is 1.41 bits per heavy atom. The third-order valence-corrected chi connectivity index (χ3v) is 4.61. The van der Waals surface area contributed by atoms with Gasteiger partial charge in [0.2, 0.25) is 5.91 Å². The molecule has 2 aliphatic rings. The van der Waals surface area contributed by atoms with Gasteiger partial charge in [-0.3, -0.25) is 19.5 Å². The fourth-order valence-corrected chi connectivity index (χ4v) is 3.39. The number of amides is 2. The Labute approximate surface area is 126 Å². The lowest BCUT2D eigenvalue weighted by Crippen LogP contribution is -2.56. The molecule has 2 saturated heterocycles. The zero-order valence-corrected chi connectivity index (χ0v) is 12.3. The molecule has 0 aliphatic carbocycles. The van der Waals surface area contributed by atoms with Crippen LogP contribution in [0.5, 0.6) is 0 Å². The molecular formula is C14H18N4O4. The van der Waals surface area contributed by atoms with Crippen LogP contribution >= 0.6 is 0 Å². The summed E-state index contributed by atoms with van der Waals surface area (Å²) in [5.41, 5.74) is 0.450. The predicted molar refractivity (Wildman–Crippen MR) is 75.1 cm³/mol. The normalized spacial score (nSPS) is 23.6. The summed E-state index contributed by atoms with van der Waals surface area (Å²) in [7, 11) is 0. The zero-order chi connectivity index (χ0) is 15.9. The van der Waals surface area contributed by atoms with Gasteiger partial charge in [0.25, 0.3) is 5.91 Å². The maximum atomic E-state index is 12.3. The Hall–Kier alpha value is -2.38. The number of hydrogen-bond donors (Lipinski definition) is 3. The van der Waals surface area contributed by atoms with E-state index >= 15 is 0 Å². The average Bonchev–Trinajstić information content (AvgIpc) is 3.03. The first-order chi connectivity index (χ1) is 10.4. The number of carbonyl (C=O) groups excluding carboxylic acids is 2. The molecule has 118 valence electrons. The highest BCUT2D eigenvalue weighted by Crippen LogP contribution is 2.37. The SMILES string of the molecule is Cc1cc(C(=O)N2CCC3(CC2)NC(=O)C[C@@H]3C(=O)O)n[nH]1. The molecule has 2 fully saturated rings. The summed E-state index contributed by atoms with van der Waals surface area (Å²) < 4.78 is 0. The molecule has 3 rings (SSSR count). The molecule has 22 heavy (non-hydrogen) atoms. The molecule has 1 atom stereocenters.